The molecule has 0 spiro atoms. The Morgan fingerprint density at radius 1 is 1.46 bits per heavy atom. The van der Waals surface area contributed by atoms with Crippen molar-refractivity contribution >= 4 is 0 Å². The van der Waals surface area contributed by atoms with Gasteiger partial charge >= 0.3 is 0 Å². The maximum Gasteiger partial charge on any atom is 0.0994 e. The molecule has 2 rings (SSSR count). The maximum absolute atomic E-state index is 8.90. The molecule has 66 valence electrons. The normalized spacial score (nSPS) is 16.3. The van der Waals surface area contributed by atoms with Crippen LogP contribution in [0, 0.1) is 11.3 Å². The van der Waals surface area contributed by atoms with Crippen LogP contribution in [0.1, 0.15) is 16.7 Å². The summed E-state index contributed by atoms with van der Waals surface area (Å²) in [5.41, 5.74) is 3.42. The quantitative estimate of drug-likeness (QED) is 0.593. The van der Waals surface area contributed by atoms with Gasteiger partial charge in [-0.2, -0.15) is 5.26 Å². The molecule has 1 heterocycles. The number of fused-ring (bicyclic) bond motifs is 1. The van der Waals surface area contributed by atoms with Crippen molar-refractivity contribution in [2.45, 2.75) is 13.0 Å². The van der Waals surface area contributed by atoms with Gasteiger partial charge in [-0.1, -0.05) is 12.1 Å². The standard InChI is InChI=1S/C11H12N2/c1-13-6-5-11-9(7-12)3-2-4-10(11)8-13/h2-4H,5-6,8H2,1H3. The van der Waals surface area contributed by atoms with E-state index in [0.29, 0.717) is 0 Å². The Morgan fingerprint density at radius 3 is 3.08 bits per heavy atom. The van der Waals surface area contributed by atoms with Gasteiger partial charge in [0.25, 0.3) is 0 Å². The largest absolute Gasteiger partial charge is 0.302 e. The van der Waals surface area contributed by atoms with Gasteiger partial charge in [-0.25, -0.2) is 0 Å². The molecule has 1 aromatic carbocycles. The van der Waals surface area contributed by atoms with Crippen LogP contribution in [0.15, 0.2) is 18.2 Å². The van der Waals surface area contributed by atoms with Crippen LogP contribution in [0.4, 0.5) is 0 Å². The van der Waals surface area contributed by atoms with E-state index in [4.69, 9.17) is 5.26 Å². The fraction of sp³-hybridized carbons (Fsp3) is 0.364. The van der Waals surface area contributed by atoms with Gasteiger partial charge in [0.2, 0.25) is 0 Å². The van der Waals surface area contributed by atoms with Gasteiger partial charge in [0.05, 0.1) is 11.6 Å². The van der Waals surface area contributed by atoms with Gasteiger partial charge in [0.1, 0.15) is 0 Å². The Labute approximate surface area is 78.4 Å². The van der Waals surface area contributed by atoms with Crippen molar-refractivity contribution in [3.05, 3.63) is 34.9 Å². The van der Waals surface area contributed by atoms with Crippen LogP contribution >= 0.6 is 0 Å². The Balaban J connectivity index is 2.47. The summed E-state index contributed by atoms with van der Waals surface area (Å²) < 4.78 is 0. The average molecular weight is 172 g/mol. The van der Waals surface area contributed by atoms with Crippen LogP contribution in [-0.4, -0.2) is 18.5 Å². The number of hydrogen-bond acceptors (Lipinski definition) is 2. The molecule has 0 fully saturated rings. The van der Waals surface area contributed by atoms with Crippen LogP contribution in [0.3, 0.4) is 0 Å². The third-order valence-electron chi connectivity index (χ3n) is 2.58. The van der Waals surface area contributed by atoms with Gasteiger partial charge in [-0.05, 0) is 30.7 Å². The number of benzene rings is 1. The zero-order valence-corrected chi connectivity index (χ0v) is 7.75. The highest BCUT2D eigenvalue weighted by Crippen LogP contribution is 2.20. The summed E-state index contributed by atoms with van der Waals surface area (Å²) in [4.78, 5) is 2.28. The number of nitrogens with zero attached hydrogens (tertiary/aromatic N) is 2. The predicted molar refractivity (Wildman–Crippen MR) is 51.2 cm³/mol. The Morgan fingerprint density at radius 2 is 2.31 bits per heavy atom. The molecule has 0 N–H and O–H groups in total. The van der Waals surface area contributed by atoms with Crippen LogP contribution < -0.4 is 0 Å². The summed E-state index contributed by atoms with van der Waals surface area (Å²) >= 11 is 0. The van der Waals surface area contributed by atoms with Crippen LogP contribution in [0.25, 0.3) is 0 Å². The Hall–Kier alpha value is -1.33. The second kappa shape index (κ2) is 3.20. The first kappa shape index (κ1) is 8.28. The van der Waals surface area contributed by atoms with E-state index >= 15 is 0 Å². The molecule has 0 aromatic heterocycles. The summed E-state index contributed by atoms with van der Waals surface area (Å²) in [5, 5.41) is 8.90. The third-order valence-corrected chi connectivity index (χ3v) is 2.58. The van der Waals surface area contributed by atoms with Gasteiger partial charge in [0.15, 0.2) is 0 Å². The lowest BCUT2D eigenvalue weighted by Crippen LogP contribution is -2.27. The number of hydrogen-bond donors (Lipinski definition) is 0. The number of nitriles is 1. The van der Waals surface area contributed by atoms with Crippen molar-refractivity contribution in [1.82, 2.24) is 4.90 Å². The van der Waals surface area contributed by atoms with Crippen molar-refractivity contribution in [2.75, 3.05) is 13.6 Å². The lowest BCUT2D eigenvalue weighted by atomic mass is 9.95. The van der Waals surface area contributed by atoms with Gasteiger partial charge < -0.3 is 4.90 Å². The first-order valence-corrected chi connectivity index (χ1v) is 4.50. The molecule has 13 heavy (non-hydrogen) atoms. The summed E-state index contributed by atoms with van der Waals surface area (Å²) in [6.07, 6.45) is 1.01. The summed E-state index contributed by atoms with van der Waals surface area (Å²) in [5.74, 6) is 0. The minimum Gasteiger partial charge on any atom is -0.302 e. The minimum absolute atomic E-state index is 0.852. The molecule has 0 unspecified atom stereocenters. The lowest BCUT2D eigenvalue weighted by molar-refractivity contribution is 0.313. The summed E-state index contributed by atoms with van der Waals surface area (Å²) in [6, 6.07) is 8.24. The second-order valence-corrected chi connectivity index (χ2v) is 3.54. The van der Waals surface area contributed by atoms with E-state index < -0.39 is 0 Å². The Bertz CT molecular complexity index is 363. The first-order valence-electron chi connectivity index (χ1n) is 4.50. The molecule has 1 aliphatic rings. The highest BCUT2D eigenvalue weighted by Gasteiger charge is 2.15. The summed E-state index contributed by atoms with van der Waals surface area (Å²) in [6.45, 7) is 2.04. The molecule has 1 aliphatic heterocycles. The smallest absolute Gasteiger partial charge is 0.0994 e. The van der Waals surface area contributed by atoms with Crippen LogP contribution in [-0.2, 0) is 13.0 Å². The van der Waals surface area contributed by atoms with Crippen molar-refractivity contribution in [2.24, 2.45) is 0 Å². The number of rotatable bonds is 0. The SMILES string of the molecule is CN1CCc2c(C#N)cccc2C1. The predicted octanol–water partition coefficient (Wildman–Crippen LogP) is 1.55. The monoisotopic (exact) mass is 172 g/mol. The average Bonchev–Trinajstić information content (AvgIpc) is 2.16. The van der Waals surface area contributed by atoms with E-state index in [9.17, 15) is 0 Å². The molecule has 2 heteroatoms. The topological polar surface area (TPSA) is 27.0 Å². The van der Waals surface area contributed by atoms with Gasteiger partial charge in [-0.15, -0.1) is 0 Å². The van der Waals surface area contributed by atoms with Crippen molar-refractivity contribution in [3.63, 3.8) is 0 Å². The zero-order chi connectivity index (χ0) is 9.26. The summed E-state index contributed by atoms with van der Waals surface area (Å²) in [7, 11) is 2.11. The molecule has 0 atom stereocenters. The van der Waals surface area contributed by atoms with E-state index in [1.165, 1.54) is 11.1 Å². The zero-order valence-electron chi connectivity index (χ0n) is 7.75. The highest BCUT2D eigenvalue weighted by molar-refractivity contribution is 5.43. The van der Waals surface area contributed by atoms with Crippen molar-refractivity contribution < 1.29 is 0 Å². The molecule has 0 amide bonds. The molecular formula is C11H12N2. The van der Waals surface area contributed by atoms with E-state index in [1.807, 2.05) is 12.1 Å². The van der Waals surface area contributed by atoms with Crippen molar-refractivity contribution in [3.8, 4) is 6.07 Å². The lowest BCUT2D eigenvalue weighted by Gasteiger charge is -2.25. The minimum atomic E-state index is 0.852. The molecule has 0 bridgehead atoms. The van der Waals surface area contributed by atoms with Crippen LogP contribution in [0.2, 0.25) is 0 Å². The molecule has 2 nitrogen and oxygen atoms in total. The molecule has 0 saturated carbocycles. The first-order chi connectivity index (χ1) is 6.31. The molecule has 0 saturated heterocycles. The molecule has 0 radical (unpaired) electrons. The molecular weight excluding hydrogens is 160 g/mol. The highest BCUT2D eigenvalue weighted by atomic mass is 15.1. The molecule has 1 aromatic rings. The fourth-order valence-electron chi connectivity index (χ4n) is 1.86. The number of likely N-dealkylation sites (N-methyl/N-ethyl adjacent to an activating group) is 1. The van der Waals surface area contributed by atoms with Gasteiger partial charge in [0, 0.05) is 13.1 Å². The fourth-order valence-corrected chi connectivity index (χ4v) is 1.86. The van der Waals surface area contributed by atoms with E-state index in [-0.39, 0.29) is 0 Å². The third kappa shape index (κ3) is 1.43. The molecule has 0 aliphatic carbocycles. The Kier molecular flexibility index (Phi) is 2.03. The van der Waals surface area contributed by atoms with E-state index in [1.54, 1.807) is 0 Å². The van der Waals surface area contributed by atoms with E-state index in [2.05, 4.69) is 24.1 Å². The van der Waals surface area contributed by atoms with Crippen molar-refractivity contribution in [1.29, 1.82) is 5.26 Å². The second-order valence-electron chi connectivity index (χ2n) is 3.54. The maximum atomic E-state index is 8.90. The van der Waals surface area contributed by atoms with Crippen LogP contribution in [0.5, 0.6) is 0 Å². The van der Waals surface area contributed by atoms with Gasteiger partial charge in [-0.3, -0.25) is 0 Å². The van der Waals surface area contributed by atoms with E-state index in [0.717, 1.165) is 25.1 Å².